The molecule has 0 spiro atoms. The Bertz CT molecular complexity index is 181. The fourth-order valence-corrected chi connectivity index (χ4v) is 4.03. The summed E-state index contributed by atoms with van der Waals surface area (Å²) in [6, 6.07) is 0.683. The summed E-state index contributed by atoms with van der Waals surface area (Å²) in [7, 11) is -2.53. The summed E-state index contributed by atoms with van der Waals surface area (Å²) in [5.74, 6) is 0. The van der Waals surface area contributed by atoms with E-state index in [9.17, 15) is 0 Å². The Morgan fingerprint density at radius 3 is 1.94 bits per heavy atom. The third kappa shape index (κ3) is 5.03. The Morgan fingerprint density at radius 1 is 1.06 bits per heavy atom. The molecular weight excluding hydrogens is 240 g/mol. The van der Waals surface area contributed by atoms with Gasteiger partial charge in [0.1, 0.15) is 0 Å². The summed E-state index contributed by atoms with van der Waals surface area (Å²) < 4.78 is 27.9. The van der Waals surface area contributed by atoms with E-state index in [1.54, 1.807) is 0 Å². The molecule has 0 amide bonds. The molecule has 1 rings (SSSR count). The average Bonchev–Trinajstić information content (AvgIpc) is 2.23. The zero-order chi connectivity index (χ0) is 12.6. The van der Waals surface area contributed by atoms with Crippen LogP contribution >= 0.6 is 0 Å². The number of hydrogen-bond donors (Lipinski definition) is 0. The van der Waals surface area contributed by atoms with Crippen molar-refractivity contribution in [2.24, 2.45) is 0 Å². The van der Waals surface area contributed by atoms with Gasteiger partial charge in [-0.15, -0.1) is 0 Å². The monoisotopic (exact) mass is 264 g/mol. The normalized spacial score (nSPS) is 20.3. The van der Waals surface area contributed by atoms with Crippen LogP contribution in [0.2, 0.25) is 6.04 Å². The van der Waals surface area contributed by atoms with Crippen molar-refractivity contribution in [3.63, 3.8) is 0 Å². The van der Waals surface area contributed by atoms with Crippen LogP contribution in [-0.4, -0.2) is 48.1 Å². The summed E-state index contributed by atoms with van der Waals surface area (Å²) in [4.78, 5) is 0. The van der Waals surface area contributed by atoms with Crippen LogP contribution in [0.4, 0.5) is 0 Å². The first-order valence-corrected chi connectivity index (χ1v) is 8.34. The van der Waals surface area contributed by atoms with Gasteiger partial charge in [-0.3, -0.25) is 0 Å². The third-order valence-electron chi connectivity index (χ3n) is 2.46. The van der Waals surface area contributed by atoms with Crippen LogP contribution in [0.25, 0.3) is 0 Å². The highest BCUT2D eigenvalue weighted by Crippen LogP contribution is 2.18. The zero-order valence-electron chi connectivity index (χ0n) is 11.1. The molecule has 1 heterocycles. The van der Waals surface area contributed by atoms with Crippen LogP contribution in [0.3, 0.4) is 0 Å². The molecule has 102 valence electrons. The summed E-state index contributed by atoms with van der Waals surface area (Å²) in [6.45, 7) is 9.04. The highest BCUT2D eigenvalue weighted by molar-refractivity contribution is 6.60. The largest absolute Gasteiger partial charge is 0.503 e. The first-order valence-electron chi connectivity index (χ1n) is 6.41. The lowest BCUT2D eigenvalue weighted by molar-refractivity contribution is -0.213. The summed E-state index contributed by atoms with van der Waals surface area (Å²) in [5, 5.41) is 0. The fraction of sp³-hybridized carbons (Fsp3) is 1.00. The second-order valence-corrected chi connectivity index (χ2v) is 6.42. The van der Waals surface area contributed by atoms with E-state index in [0.29, 0.717) is 32.5 Å². The van der Waals surface area contributed by atoms with Gasteiger partial charge in [-0.25, -0.2) is 0 Å². The molecule has 1 fully saturated rings. The van der Waals surface area contributed by atoms with Gasteiger partial charge in [-0.05, 0) is 20.8 Å². The maximum absolute atomic E-state index is 5.72. The topological polar surface area (TPSA) is 46.2 Å². The first-order chi connectivity index (χ1) is 8.26. The van der Waals surface area contributed by atoms with Crippen molar-refractivity contribution in [1.82, 2.24) is 0 Å². The van der Waals surface area contributed by atoms with Gasteiger partial charge in [0, 0.05) is 32.3 Å². The number of ether oxygens (including phenoxy) is 2. The maximum atomic E-state index is 5.72. The van der Waals surface area contributed by atoms with Crippen LogP contribution < -0.4 is 0 Å². The molecule has 1 aliphatic heterocycles. The van der Waals surface area contributed by atoms with Gasteiger partial charge in [0.25, 0.3) is 0 Å². The molecule has 0 bridgehead atoms. The predicted octanol–water partition coefficient (Wildman–Crippen LogP) is 1.80. The van der Waals surface area contributed by atoms with Gasteiger partial charge in [0.15, 0.2) is 6.29 Å². The molecule has 0 aromatic heterocycles. The van der Waals surface area contributed by atoms with Crippen LogP contribution in [-0.2, 0) is 22.8 Å². The van der Waals surface area contributed by atoms with Crippen molar-refractivity contribution >= 4 is 8.80 Å². The molecule has 1 unspecified atom stereocenters. The molecule has 0 aromatic carbocycles. The highest BCUT2D eigenvalue weighted by Gasteiger charge is 2.40. The van der Waals surface area contributed by atoms with Gasteiger partial charge < -0.3 is 22.8 Å². The van der Waals surface area contributed by atoms with Gasteiger partial charge in [0.2, 0.25) is 0 Å². The second kappa shape index (κ2) is 8.18. The van der Waals surface area contributed by atoms with E-state index >= 15 is 0 Å². The first kappa shape index (κ1) is 15.1. The molecule has 1 aliphatic rings. The quantitative estimate of drug-likeness (QED) is 0.563. The molecule has 1 saturated heterocycles. The van der Waals surface area contributed by atoms with Crippen molar-refractivity contribution < 1.29 is 22.8 Å². The zero-order valence-corrected chi connectivity index (χ0v) is 12.1. The molecule has 6 heteroatoms. The van der Waals surface area contributed by atoms with Gasteiger partial charge in [-0.2, -0.15) is 0 Å². The predicted molar refractivity (Wildman–Crippen MR) is 65.7 cm³/mol. The highest BCUT2D eigenvalue weighted by atomic mass is 28.4. The van der Waals surface area contributed by atoms with Crippen LogP contribution in [0.5, 0.6) is 0 Å². The van der Waals surface area contributed by atoms with Gasteiger partial charge in [0.05, 0.1) is 13.2 Å². The summed E-state index contributed by atoms with van der Waals surface area (Å²) >= 11 is 0. The lowest BCUT2D eigenvalue weighted by atomic mass is 10.3. The molecule has 1 atom stereocenters. The van der Waals surface area contributed by atoms with E-state index < -0.39 is 8.80 Å². The van der Waals surface area contributed by atoms with Crippen molar-refractivity contribution in [3.8, 4) is 0 Å². The second-order valence-electron chi connectivity index (χ2n) is 3.69. The molecule has 17 heavy (non-hydrogen) atoms. The Labute approximate surface area is 105 Å². The molecule has 0 N–H and O–H groups in total. The Kier molecular flexibility index (Phi) is 7.25. The van der Waals surface area contributed by atoms with Crippen LogP contribution in [0, 0.1) is 0 Å². The minimum absolute atomic E-state index is 0.0356. The minimum Gasteiger partial charge on any atom is -0.374 e. The third-order valence-corrected chi connectivity index (χ3v) is 5.46. The Balaban J connectivity index is 2.35. The molecule has 0 saturated carbocycles. The molecule has 0 aromatic rings. The summed E-state index contributed by atoms with van der Waals surface area (Å²) in [6.07, 6.45) is 0.943. The molecule has 0 aliphatic carbocycles. The van der Waals surface area contributed by atoms with E-state index in [2.05, 4.69) is 0 Å². The van der Waals surface area contributed by atoms with Crippen molar-refractivity contribution in [2.75, 3.05) is 33.0 Å². The molecular formula is C11H24O5Si. The minimum atomic E-state index is -2.53. The average molecular weight is 264 g/mol. The van der Waals surface area contributed by atoms with E-state index in [1.807, 2.05) is 20.8 Å². The lowest BCUT2D eigenvalue weighted by Crippen LogP contribution is -2.47. The Morgan fingerprint density at radius 2 is 1.59 bits per heavy atom. The standard InChI is InChI=1S/C11H24O5Si/c1-4-14-17(15-5-2,16-6-3)10-9-13-11-7-8-12-11/h11H,4-10H2,1-3H3. The van der Waals surface area contributed by atoms with E-state index in [-0.39, 0.29) is 6.29 Å². The van der Waals surface area contributed by atoms with Crippen molar-refractivity contribution in [3.05, 3.63) is 0 Å². The van der Waals surface area contributed by atoms with Gasteiger partial charge >= 0.3 is 8.80 Å². The Hall–Kier alpha value is 0.0169. The van der Waals surface area contributed by atoms with Crippen molar-refractivity contribution in [1.29, 1.82) is 0 Å². The molecule has 5 nitrogen and oxygen atoms in total. The van der Waals surface area contributed by atoms with Crippen molar-refractivity contribution in [2.45, 2.75) is 39.5 Å². The van der Waals surface area contributed by atoms with E-state index in [4.69, 9.17) is 22.8 Å². The SMILES string of the molecule is CCO[Si](CCOC1CCO1)(OCC)OCC. The maximum Gasteiger partial charge on any atom is 0.503 e. The summed E-state index contributed by atoms with van der Waals surface area (Å²) in [5.41, 5.74) is 0. The smallest absolute Gasteiger partial charge is 0.374 e. The van der Waals surface area contributed by atoms with Gasteiger partial charge in [-0.1, -0.05) is 0 Å². The molecule has 0 radical (unpaired) electrons. The van der Waals surface area contributed by atoms with E-state index in [0.717, 1.165) is 13.0 Å². The van der Waals surface area contributed by atoms with E-state index in [1.165, 1.54) is 0 Å². The van der Waals surface area contributed by atoms with Crippen LogP contribution in [0.15, 0.2) is 0 Å². The number of hydrogen-bond acceptors (Lipinski definition) is 5. The number of rotatable bonds is 10. The fourth-order valence-electron chi connectivity index (χ4n) is 1.66. The van der Waals surface area contributed by atoms with Crippen LogP contribution in [0.1, 0.15) is 27.2 Å². The lowest BCUT2D eigenvalue weighted by Gasteiger charge is -2.30.